The molecule has 0 saturated carbocycles. The molecule has 1 saturated heterocycles. The summed E-state index contributed by atoms with van der Waals surface area (Å²) in [6, 6.07) is 13.7. The predicted molar refractivity (Wildman–Crippen MR) is 103 cm³/mol. The number of rotatable bonds is 4. The molecule has 0 aliphatic carbocycles. The number of nitrogens with two attached hydrogens (primary N) is 1. The number of nitrogens with zero attached hydrogens (tertiary/aromatic N) is 3. The van der Waals surface area contributed by atoms with Gasteiger partial charge >= 0.3 is 0 Å². The number of sulfonamides is 1. The number of ketones is 1. The van der Waals surface area contributed by atoms with Crippen LogP contribution in [0.1, 0.15) is 22.8 Å². The molecule has 0 bridgehead atoms. The number of piperazine rings is 1. The van der Waals surface area contributed by atoms with E-state index in [4.69, 9.17) is 10.4 Å². The van der Waals surface area contributed by atoms with Gasteiger partial charge in [-0.25, -0.2) is 13.6 Å². The van der Waals surface area contributed by atoms with E-state index >= 15 is 0 Å². The third-order valence-corrected chi connectivity index (χ3v) is 5.59. The molecule has 8 heteroatoms. The van der Waals surface area contributed by atoms with Crippen molar-refractivity contribution in [3.8, 4) is 6.07 Å². The molecule has 27 heavy (non-hydrogen) atoms. The molecule has 7 nitrogen and oxygen atoms in total. The Bertz CT molecular complexity index is 1000. The topological polar surface area (TPSA) is 108 Å². The van der Waals surface area contributed by atoms with Gasteiger partial charge in [0.1, 0.15) is 0 Å². The molecule has 0 spiro atoms. The molecule has 1 aliphatic heterocycles. The number of carbonyl (C=O) groups is 1. The first-order chi connectivity index (χ1) is 12.8. The van der Waals surface area contributed by atoms with Crippen LogP contribution < -0.4 is 14.9 Å². The summed E-state index contributed by atoms with van der Waals surface area (Å²) in [4.78, 5) is 16.3. The second-order valence-corrected chi connectivity index (χ2v) is 7.97. The van der Waals surface area contributed by atoms with Gasteiger partial charge in [-0.05, 0) is 49.4 Å². The first-order valence-electron chi connectivity index (χ1n) is 8.47. The van der Waals surface area contributed by atoms with Gasteiger partial charge in [0.15, 0.2) is 5.78 Å². The van der Waals surface area contributed by atoms with Crippen LogP contribution in [0.15, 0.2) is 47.4 Å². The second-order valence-electron chi connectivity index (χ2n) is 6.41. The third-order valence-electron chi connectivity index (χ3n) is 4.66. The first-order valence-corrected chi connectivity index (χ1v) is 10.0. The molecule has 0 amide bonds. The summed E-state index contributed by atoms with van der Waals surface area (Å²) in [6.07, 6.45) is 0. The van der Waals surface area contributed by atoms with Crippen molar-refractivity contribution < 1.29 is 13.2 Å². The highest BCUT2D eigenvalue weighted by Crippen LogP contribution is 2.26. The molecule has 1 fully saturated rings. The smallest absolute Gasteiger partial charge is 0.238 e. The van der Waals surface area contributed by atoms with Gasteiger partial charge in [0.05, 0.1) is 16.5 Å². The lowest BCUT2D eigenvalue weighted by atomic mass is 10.0. The number of benzene rings is 2. The lowest BCUT2D eigenvalue weighted by Crippen LogP contribution is -2.47. The van der Waals surface area contributed by atoms with Crippen molar-refractivity contribution in [3.05, 3.63) is 53.6 Å². The average molecular weight is 384 g/mol. The van der Waals surface area contributed by atoms with Crippen molar-refractivity contribution in [3.63, 3.8) is 0 Å². The van der Waals surface area contributed by atoms with Gasteiger partial charge in [-0.1, -0.05) is 0 Å². The van der Waals surface area contributed by atoms with E-state index in [0.717, 1.165) is 11.4 Å². The number of anilines is 2. The minimum Gasteiger partial charge on any atom is -0.368 e. The largest absolute Gasteiger partial charge is 0.368 e. The van der Waals surface area contributed by atoms with Gasteiger partial charge in [0.25, 0.3) is 0 Å². The van der Waals surface area contributed by atoms with Gasteiger partial charge in [-0.15, -0.1) is 0 Å². The number of nitriles is 1. The quantitative estimate of drug-likeness (QED) is 0.805. The second kappa shape index (κ2) is 7.39. The fourth-order valence-electron chi connectivity index (χ4n) is 3.21. The molecule has 2 N–H and O–H groups in total. The van der Waals surface area contributed by atoms with E-state index in [1.54, 1.807) is 30.3 Å². The van der Waals surface area contributed by atoms with Crippen LogP contribution in [-0.4, -0.2) is 40.4 Å². The predicted octanol–water partition coefficient (Wildman–Crippen LogP) is 1.73. The van der Waals surface area contributed by atoms with Crippen LogP contribution >= 0.6 is 0 Å². The number of primary sulfonamides is 1. The maximum atomic E-state index is 11.9. The highest BCUT2D eigenvalue weighted by atomic mass is 32.2. The van der Waals surface area contributed by atoms with E-state index in [2.05, 4.69) is 15.9 Å². The summed E-state index contributed by atoms with van der Waals surface area (Å²) in [5.74, 6) is -0.0319. The minimum atomic E-state index is -3.70. The molecule has 3 rings (SSSR count). The minimum absolute atomic E-state index is 0.0319. The van der Waals surface area contributed by atoms with Crippen molar-refractivity contribution in [2.75, 3.05) is 36.0 Å². The van der Waals surface area contributed by atoms with E-state index in [1.807, 2.05) is 0 Å². The van der Waals surface area contributed by atoms with Crippen LogP contribution in [0.5, 0.6) is 0 Å². The molecule has 0 radical (unpaired) electrons. The molecule has 2 aromatic carbocycles. The van der Waals surface area contributed by atoms with Crippen molar-refractivity contribution >= 4 is 27.2 Å². The average Bonchev–Trinajstić information content (AvgIpc) is 2.67. The van der Waals surface area contributed by atoms with E-state index in [9.17, 15) is 13.2 Å². The zero-order chi connectivity index (χ0) is 19.6. The highest BCUT2D eigenvalue weighted by Gasteiger charge is 2.21. The highest BCUT2D eigenvalue weighted by molar-refractivity contribution is 7.89. The molecule has 0 atom stereocenters. The first kappa shape index (κ1) is 18.9. The van der Waals surface area contributed by atoms with Crippen LogP contribution in [0.25, 0.3) is 0 Å². The van der Waals surface area contributed by atoms with Gasteiger partial charge in [0, 0.05) is 43.1 Å². The van der Waals surface area contributed by atoms with Gasteiger partial charge < -0.3 is 9.80 Å². The summed E-state index contributed by atoms with van der Waals surface area (Å²) < 4.78 is 22.7. The van der Waals surface area contributed by atoms with Crippen molar-refractivity contribution in [2.24, 2.45) is 5.14 Å². The molecule has 1 heterocycles. The monoisotopic (exact) mass is 384 g/mol. The molecule has 0 aromatic heterocycles. The summed E-state index contributed by atoms with van der Waals surface area (Å²) in [6.45, 7) is 4.32. The van der Waals surface area contributed by atoms with Crippen LogP contribution in [0.4, 0.5) is 11.4 Å². The Morgan fingerprint density at radius 3 is 2.15 bits per heavy atom. The van der Waals surface area contributed by atoms with Gasteiger partial charge in [-0.3, -0.25) is 4.79 Å². The zero-order valence-electron chi connectivity index (χ0n) is 14.9. The Hall–Kier alpha value is -2.89. The molecular weight excluding hydrogens is 364 g/mol. The Kier molecular flexibility index (Phi) is 5.17. The maximum Gasteiger partial charge on any atom is 0.238 e. The fourth-order valence-corrected chi connectivity index (χ4v) is 3.73. The molecular formula is C19H20N4O3S. The maximum absolute atomic E-state index is 11.9. The van der Waals surface area contributed by atoms with E-state index in [1.165, 1.54) is 19.1 Å². The van der Waals surface area contributed by atoms with Crippen LogP contribution in [0.3, 0.4) is 0 Å². The lowest BCUT2D eigenvalue weighted by molar-refractivity contribution is 0.101. The summed E-state index contributed by atoms with van der Waals surface area (Å²) in [7, 11) is -3.70. The van der Waals surface area contributed by atoms with Crippen molar-refractivity contribution in [1.82, 2.24) is 0 Å². The Morgan fingerprint density at radius 1 is 1.04 bits per heavy atom. The lowest BCUT2D eigenvalue weighted by Gasteiger charge is -2.38. The number of hydrogen-bond acceptors (Lipinski definition) is 6. The Labute approximate surface area is 158 Å². The Balaban J connectivity index is 1.76. The van der Waals surface area contributed by atoms with Crippen LogP contribution in [-0.2, 0) is 10.0 Å². The number of Topliss-reactive ketones (excluding diaryl/α,β-unsaturated/α-hetero) is 1. The fraction of sp³-hybridized carbons (Fsp3) is 0.263. The summed E-state index contributed by atoms with van der Waals surface area (Å²) >= 11 is 0. The molecule has 2 aromatic rings. The molecule has 0 unspecified atom stereocenters. The standard InChI is InChI=1S/C19H20N4O3S/c1-14(24)18-7-2-15(13-20)12-19(18)23-10-8-22(9-11-23)16-3-5-17(6-4-16)27(21,25)26/h2-7,12H,8-11H2,1H3,(H2,21,25,26). The molecule has 140 valence electrons. The normalized spacial score (nSPS) is 14.7. The van der Waals surface area contributed by atoms with Gasteiger partial charge in [0.2, 0.25) is 10.0 Å². The van der Waals surface area contributed by atoms with E-state index < -0.39 is 10.0 Å². The number of carbonyl (C=O) groups excluding carboxylic acids is 1. The summed E-state index contributed by atoms with van der Waals surface area (Å²) in [5.41, 5.74) is 2.83. The SMILES string of the molecule is CC(=O)c1ccc(C#N)cc1N1CCN(c2ccc(S(N)(=O)=O)cc2)CC1. The molecule has 1 aliphatic rings. The Morgan fingerprint density at radius 2 is 1.63 bits per heavy atom. The zero-order valence-corrected chi connectivity index (χ0v) is 15.7. The number of hydrogen-bond donors (Lipinski definition) is 1. The third kappa shape index (κ3) is 4.10. The van der Waals surface area contributed by atoms with Crippen molar-refractivity contribution in [1.29, 1.82) is 5.26 Å². The van der Waals surface area contributed by atoms with E-state index in [0.29, 0.717) is 37.3 Å². The van der Waals surface area contributed by atoms with Crippen LogP contribution in [0.2, 0.25) is 0 Å². The van der Waals surface area contributed by atoms with Crippen molar-refractivity contribution in [2.45, 2.75) is 11.8 Å². The summed E-state index contributed by atoms with van der Waals surface area (Å²) in [5, 5.41) is 14.3. The van der Waals surface area contributed by atoms with E-state index in [-0.39, 0.29) is 10.7 Å². The van der Waals surface area contributed by atoms with Gasteiger partial charge in [-0.2, -0.15) is 5.26 Å². The van der Waals surface area contributed by atoms with Crippen LogP contribution in [0, 0.1) is 11.3 Å².